The molecule has 1 aliphatic heterocycles. The number of ether oxygens (including phenoxy) is 1. The van der Waals surface area contributed by atoms with Gasteiger partial charge in [0.05, 0.1) is 5.57 Å². The molecule has 2 aromatic carbocycles. The lowest BCUT2D eigenvalue weighted by atomic mass is 9.95. The lowest BCUT2D eigenvalue weighted by Gasteiger charge is -2.08. The second kappa shape index (κ2) is 6.16. The first-order chi connectivity index (χ1) is 11.0. The number of carbonyl (C=O) groups excluding carboxylic acids is 1. The van der Waals surface area contributed by atoms with Crippen LogP contribution in [0.2, 0.25) is 0 Å². The maximum Gasteiger partial charge on any atom is 0.339 e. The summed E-state index contributed by atoms with van der Waals surface area (Å²) in [5, 5.41) is 0. The van der Waals surface area contributed by atoms with Gasteiger partial charge in [-0.15, -0.1) is 11.8 Å². The Bertz CT molecular complexity index is 828. The number of hydrogen-bond donors (Lipinski definition) is 0. The molecule has 1 aliphatic rings. The van der Waals surface area contributed by atoms with Gasteiger partial charge in [0.25, 0.3) is 0 Å². The number of benzene rings is 2. The van der Waals surface area contributed by atoms with Crippen molar-refractivity contribution in [3.05, 3.63) is 64.7 Å². The van der Waals surface area contributed by atoms with Gasteiger partial charge in [-0.2, -0.15) is 0 Å². The molecule has 0 amide bonds. The third-order valence-electron chi connectivity index (χ3n) is 3.81. The summed E-state index contributed by atoms with van der Waals surface area (Å²) in [6.45, 7) is 2.12. The van der Waals surface area contributed by atoms with Gasteiger partial charge >= 0.3 is 5.97 Å². The Balaban J connectivity index is 2.14. The molecule has 118 valence electrons. The summed E-state index contributed by atoms with van der Waals surface area (Å²) >= 11 is 1.64. The van der Waals surface area contributed by atoms with Crippen molar-refractivity contribution >= 4 is 28.9 Å². The molecule has 5 heteroatoms. The van der Waals surface area contributed by atoms with Gasteiger partial charge in [0, 0.05) is 10.5 Å². The van der Waals surface area contributed by atoms with Crippen LogP contribution in [0.4, 0.5) is 8.78 Å². The van der Waals surface area contributed by atoms with E-state index < -0.39 is 17.6 Å². The van der Waals surface area contributed by atoms with E-state index in [4.69, 9.17) is 4.74 Å². The second-order valence-electron chi connectivity index (χ2n) is 5.24. The summed E-state index contributed by atoms with van der Waals surface area (Å²) in [6, 6.07) is 9.31. The third kappa shape index (κ3) is 2.88. The molecular weight excluding hydrogens is 318 g/mol. The molecule has 0 spiro atoms. The van der Waals surface area contributed by atoms with Gasteiger partial charge in [-0.1, -0.05) is 18.2 Å². The van der Waals surface area contributed by atoms with Crippen LogP contribution in [0.3, 0.4) is 0 Å². The first-order valence-corrected chi connectivity index (χ1v) is 8.24. The third-order valence-corrected chi connectivity index (χ3v) is 4.70. The minimum atomic E-state index is -0.983. The molecule has 0 atom stereocenters. The summed E-state index contributed by atoms with van der Waals surface area (Å²) < 4.78 is 31.7. The van der Waals surface area contributed by atoms with Crippen LogP contribution < -0.4 is 0 Å². The summed E-state index contributed by atoms with van der Waals surface area (Å²) in [6.07, 6.45) is 2.00. The predicted octanol–water partition coefficient (Wildman–Crippen LogP) is 4.46. The number of rotatable bonds is 3. The highest BCUT2D eigenvalue weighted by molar-refractivity contribution is 7.98. The van der Waals surface area contributed by atoms with Crippen molar-refractivity contribution in [3.63, 3.8) is 0 Å². The first-order valence-electron chi connectivity index (χ1n) is 7.02. The molecule has 23 heavy (non-hydrogen) atoms. The maximum atomic E-state index is 13.5. The molecule has 0 N–H and O–H groups in total. The van der Waals surface area contributed by atoms with Crippen LogP contribution in [-0.4, -0.2) is 18.8 Å². The quantitative estimate of drug-likeness (QED) is 0.613. The Morgan fingerprint density at radius 1 is 1.04 bits per heavy atom. The van der Waals surface area contributed by atoms with Crippen molar-refractivity contribution < 1.29 is 18.3 Å². The molecule has 0 aromatic heterocycles. The van der Waals surface area contributed by atoms with E-state index >= 15 is 0 Å². The molecule has 1 heterocycles. The molecule has 2 aromatic rings. The largest absolute Gasteiger partial charge is 0.457 e. The van der Waals surface area contributed by atoms with Gasteiger partial charge in [-0.3, -0.25) is 0 Å². The Morgan fingerprint density at radius 3 is 2.43 bits per heavy atom. The molecule has 0 saturated heterocycles. The Hall–Kier alpha value is -2.14. The lowest BCUT2D eigenvalue weighted by molar-refractivity contribution is -0.133. The molecule has 0 bridgehead atoms. The van der Waals surface area contributed by atoms with E-state index in [9.17, 15) is 13.6 Å². The van der Waals surface area contributed by atoms with Crippen LogP contribution in [0.5, 0.6) is 0 Å². The zero-order valence-electron chi connectivity index (χ0n) is 12.7. The van der Waals surface area contributed by atoms with Gasteiger partial charge in [-0.05, 0) is 48.1 Å². The van der Waals surface area contributed by atoms with Gasteiger partial charge in [0.1, 0.15) is 6.61 Å². The maximum absolute atomic E-state index is 13.5. The molecular formula is C18H14F2O2S. The van der Waals surface area contributed by atoms with Crippen LogP contribution in [0.25, 0.3) is 11.1 Å². The predicted molar refractivity (Wildman–Crippen MR) is 87.1 cm³/mol. The summed E-state index contributed by atoms with van der Waals surface area (Å²) in [5.41, 5.74) is 3.25. The van der Waals surface area contributed by atoms with E-state index in [1.54, 1.807) is 11.8 Å². The van der Waals surface area contributed by atoms with Gasteiger partial charge in [0.15, 0.2) is 11.6 Å². The second-order valence-corrected chi connectivity index (χ2v) is 6.09. The van der Waals surface area contributed by atoms with Gasteiger partial charge in [-0.25, -0.2) is 13.6 Å². The number of aryl methyl sites for hydroxylation is 1. The monoisotopic (exact) mass is 332 g/mol. The van der Waals surface area contributed by atoms with Crippen LogP contribution in [0.1, 0.15) is 16.7 Å². The summed E-state index contributed by atoms with van der Waals surface area (Å²) in [7, 11) is 0. The molecule has 0 unspecified atom stereocenters. The van der Waals surface area contributed by atoms with Crippen LogP contribution >= 0.6 is 11.8 Å². The molecule has 2 nitrogen and oxygen atoms in total. The number of carbonyl (C=O) groups is 1. The van der Waals surface area contributed by atoms with E-state index in [0.717, 1.165) is 28.2 Å². The van der Waals surface area contributed by atoms with E-state index in [1.165, 1.54) is 6.07 Å². The van der Waals surface area contributed by atoms with E-state index in [1.807, 2.05) is 31.4 Å². The van der Waals surface area contributed by atoms with Crippen LogP contribution in [0, 0.1) is 18.6 Å². The normalized spacial score (nSPS) is 14.3. The number of cyclic esters (lactones) is 1. The van der Waals surface area contributed by atoms with Crippen molar-refractivity contribution in [2.75, 3.05) is 12.9 Å². The number of thioether (sulfide) groups is 1. The molecule has 0 saturated carbocycles. The van der Waals surface area contributed by atoms with Crippen molar-refractivity contribution in [1.29, 1.82) is 0 Å². The van der Waals surface area contributed by atoms with Crippen molar-refractivity contribution in [2.45, 2.75) is 11.8 Å². The minimum Gasteiger partial charge on any atom is -0.457 e. The number of hydrogen-bond acceptors (Lipinski definition) is 3. The first kappa shape index (κ1) is 15.7. The molecule has 0 aliphatic carbocycles. The van der Waals surface area contributed by atoms with E-state index in [2.05, 4.69) is 0 Å². The van der Waals surface area contributed by atoms with Crippen LogP contribution in [0.15, 0.2) is 41.3 Å². The highest BCUT2D eigenvalue weighted by Gasteiger charge is 2.28. The zero-order valence-corrected chi connectivity index (χ0v) is 13.5. The van der Waals surface area contributed by atoms with Gasteiger partial charge < -0.3 is 4.74 Å². The molecule has 0 radical (unpaired) electrons. The molecule has 0 fully saturated rings. The van der Waals surface area contributed by atoms with Crippen LogP contribution in [-0.2, 0) is 9.53 Å². The van der Waals surface area contributed by atoms with E-state index in [-0.39, 0.29) is 6.61 Å². The fourth-order valence-electron chi connectivity index (χ4n) is 2.64. The Kier molecular flexibility index (Phi) is 4.22. The number of halogens is 2. The topological polar surface area (TPSA) is 26.3 Å². The average Bonchev–Trinajstić information content (AvgIpc) is 2.91. The lowest BCUT2D eigenvalue weighted by Crippen LogP contribution is -1.99. The van der Waals surface area contributed by atoms with Crippen molar-refractivity contribution in [2.24, 2.45) is 0 Å². The fraction of sp³-hybridized carbons (Fsp3) is 0.167. The summed E-state index contributed by atoms with van der Waals surface area (Å²) in [4.78, 5) is 13.2. The number of esters is 1. The SMILES string of the molecule is CSc1ccc(C2=C(c3ccc(F)c(F)c3)C(=O)OC2)cc1C. The highest BCUT2D eigenvalue weighted by Crippen LogP contribution is 2.35. The van der Waals surface area contributed by atoms with Crippen molar-refractivity contribution in [1.82, 2.24) is 0 Å². The Labute approximate surface area is 137 Å². The zero-order chi connectivity index (χ0) is 16.6. The van der Waals surface area contributed by atoms with Crippen molar-refractivity contribution in [3.8, 4) is 0 Å². The standard InChI is InChI=1S/C18H14F2O2S/c1-10-7-11(4-6-16(10)23-2)13-9-22-18(21)17(13)12-3-5-14(19)15(20)8-12/h3-8H,9H2,1-2H3. The average molecular weight is 332 g/mol. The Morgan fingerprint density at radius 2 is 1.78 bits per heavy atom. The van der Waals surface area contributed by atoms with E-state index in [0.29, 0.717) is 16.7 Å². The highest BCUT2D eigenvalue weighted by atomic mass is 32.2. The minimum absolute atomic E-state index is 0.130. The molecule has 3 rings (SSSR count). The summed E-state index contributed by atoms with van der Waals surface area (Å²) in [5.74, 6) is -2.44. The smallest absolute Gasteiger partial charge is 0.339 e. The fourth-order valence-corrected chi connectivity index (χ4v) is 3.23. The van der Waals surface area contributed by atoms with Gasteiger partial charge in [0.2, 0.25) is 0 Å².